The largest absolute Gasteiger partial charge is 0.465 e. The second-order valence-electron chi connectivity index (χ2n) is 12.8. The van der Waals surface area contributed by atoms with E-state index >= 15 is 0 Å². The van der Waals surface area contributed by atoms with Crippen LogP contribution in [0.3, 0.4) is 0 Å². The fourth-order valence-corrected chi connectivity index (χ4v) is 7.45. The third-order valence-corrected chi connectivity index (χ3v) is 9.74. The van der Waals surface area contributed by atoms with Crippen LogP contribution in [-0.2, 0) is 15.1 Å². The Morgan fingerprint density at radius 3 is 1.73 bits per heavy atom. The van der Waals surface area contributed by atoms with Crippen LogP contribution >= 0.6 is 0 Å². The number of hydrogen-bond acceptors (Lipinski definition) is 6. The lowest BCUT2D eigenvalue weighted by Crippen LogP contribution is -2.39. The summed E-state index contributed by atoms with van der Waals surface area (Å²) in [4.78, 5) is 14.8. The number of nitrogens with zero attached hydrogens (tertiary/aromatic N) is 6. The number of carbonyl (C=O) groups excluding carboxylic acids is 1. The van der Waals surface area contributed by atoms with Crippen molar-refractivity contribution in [1.82, 2.24) is 20.2 Å². The number of aromatic nitrogens is 4. The molecule has 51 heavy (non-hydrogen) atoms. The Kier molecular flexibility index (Phi) is 9.26. The number of hydrogen-bond donors (Lipinski definition) is 0. The maximum atomic E-state index is 13.1. The number of carbonyl (C=O) groups is 1. The molecule has 1 aliphatic rings. The topological polar surface area (TPSA) is 82.3 Å². The molecule has 0 spiro atoms. The summed E-state index contributed by atoms with van der Waals surface area (Å²) in [5.74, 6) is 0.155. The summed E-state index contributed by atoms with van der Waals surface area (Å²) in [6, 6.07) is 47.3. The quantitative estimate of drug-likeness (QED) is 0.0786. The molecule has 6 aromatic rings. The van der Waals surface area contributed by atoms with E-state index in [2.05, 4.69) is 75.5 Å². The highest BCUT2D eigenvalue weighted by Crippen LogP contribution is 2.41. The summed E-state index contributed by atoms with van der Waals surface area (Å²) < 4.78 is 5.60. The number of ether oxygens (including phenoxy) is 1. The van der Waals surface area contributed by atoms with E-state index in [1.165, 1.54) is 7.11 Å². The molecule has 5 aromatic carbocycles. The van der Waals surface area contributed by atoms with Crippen LogP contribution in [0.15, 0.2) is 156 Å². The molecule has 0 amide bonds. The molecular formula is C43H41N6O2+. The third kappa shape index (κ3) is 5.87. The van der Waals surface area contributed by atoms with Crippen LogP contribution < -0.4 is 0 Å². The van der Waals surface area contributed by atoms with Gasteiger partial charge in [-0.15, -0.1) is 15.0 Å². The van der Waals surface area contributed by atoms with Crippen molar-refractivity contribution in [3.8, 4) is 22.5 Å². The zero-order valence-corrected chi connectivity index (χ0v) is 29.4. The van der Waals surface area contributed by atoms with Gasteiger partial charge in [0, 0.05) is 17.5 Å². The molecule has 8 heteroatoms. The van der Waals surface area contributed by atoms with Crippen LogP contribution in [0.5, 0.6) is 0 Å². The highest BCUT2D eigenvalue weighted by Gasteiger charge is 2.43. The van der Waals surface area contributed by atoms with Gasteiger partial charge in [-0.3, -0.25) is 0 Å². The zero-order chi connectivity index (χ0) is 35.4. The molecule has 0 fully saturated rings. The van der Waals surface area contributed by atoms with E-state index in [1.807, 2.05) is 84.9 Å². The first-order valence-corrected chi connectivity index (χ1v) is 17.4. The summed E-state index contributed by atoms with van der Waals surface area (Å²) in [6.07, 6.45) is 1.63. The van der Waals surface area contributed by atoms with E-state index in [0.29, 0.717) is 28.1 Å². The lowest BCUT2D eigenvalue weighted by atomic mass is 9.77. The molecular weight excluding hydrogens is 633 g/mol. The Bertz CT molecular complexity index is 2110. The number of allylic oxidation sites excluding steroid dienone is 1. The smallest absolute Gasteiger partial charge is 0.346 e. The molecule has 2 heterocycles. The number of quaternary nitrogens is 1. The first kappa shape index (κ1) is 33.5. The number of esters is 1. The lowest BCUT2D eigenvalue weighted by Gasteiger charge is -2.34. The van der Waals surface area contributed by atoms with Gasteiger partial charge < -0.3 is 4.74 Å². The minimum absolute atomic E-state index is 0.356. The van der Waals surface area contributed by atoms with Crippen molar-refractivity contribution in [2.75, 3.05) is 20.7 Å². The molecule has 1 aliphatic heterocycles. The Labute approximate surface area is 298 Å². The predicted molar refractivity (Wildman–Crippen MR) is 201 cm³/mol. The van der Waals surface area contributed by atoms with Gasteiger partial charge in [-0.2, -0.15) is 4.59 Å². The maximum absolute atomic E-state index is 13.1. The molecule has 1 unspecified atom stereocenters. The van der Waals surface area contributed by atoms with Crippen LogP contribution in [-0.4, -0.2) is 57.2 Å². The SMILES string of the molecule is CCC[N+]1(C)N=C(c2ccc(-c3ccccc3-c3nnn(C(c4ccccc4)(c4ccccc4)c4ccccc4)n3)cc2)C(C(=O)OC)=C1CC. The fraction of sp³-hybridized carbons (Fsp3) is 0.186. The third-order valence-electron chi connectivity index (χ3n) is 9.74. The van der Waals surface area contributed by atoms with Crippen molar-refractivity contribution in [2.45, 2.75) is 32.2 Å². The molecule has 0 bridgehead atoms. The van der Waals surface area contributed by atoms with Crippen molar-refractivity contribution in [2.24, 2.45) is 5.10 Å². The van der Waals surface area contributed by atoms with Crippen LogP contribution in [0.4, 0.5) is 0 Å². The van der Waals surface area contributed by atoms with E-state index in [0.717, 1.165) is 57.6 Å². The first-order valence-electron chi connectivity index (χ1n) is 17.4. The van der Waals surface area contributed by atoms with Gasteiger partial charge in [0.25, 0.3) is 0 Å². The summed E-state index contributed by atoms with van der Waals surface area (Å²) in [5, 5.41) is 19.7. The van der Waals surface area contributed by atoms with Gasteiger partial charge in [-0.05, 0) is 39.5 Å². The van der Waals surface area contributed by atoms with Crippen molar-refractivity contribution < 1.29 is 14.1 Å². The Balaban J connectivity index is 1.32. The summed E-state index contributed by atoms with van der Waals surface area (Å²) >= 11 is 0. The predicted octanol–water partition coefficient (Wildman–Crippen LogP) is 8.26. The van der Waals surface area contributed by atoms with E-state index in [1.54, 1.807) is 4.80 Å². The van der Waals surface area contributed by atoms with E-state index in [9.17, 15) is 4.79 Å². The lowest BCUT2D eigenvalue weighted by molar-refractivity contribution is -0.878. The molecule has 254 valence electrons. The van der Waals surface area contributed by atoms with Gasteiger partial charge in [0.1, 0.15) is 17.8 Å². The first-order chi connectivity index (χ1) is 24.9. The Morgan fingerprint density at radius 1 is 0.706 bits per heavy atom. The minimum Gasteiger partial charge on any atom is -0.465 e. The van der Waals surface area contributed by atoms with Crippen molar-refractivity contribution >= 4 is 11.7 Å². The molecule has 8 nitrogen and oxygen atoms in total. The van der Waals surface area contributed by atoms with E-state index < -0.39 is 5.54 Å². The van der Waals surface area contributed by atoms with E-state index in [4.69, 9.17) is 25.2 Å². The van der Waals surface area contributed by atoms with Crippen molar-refractivity contribution in [1.29, 1.82) is 0 Å². The van der Waals surface area contributed by atoms with Crippen molar-refractivity contribution in [3.05, 3.63) is 173 Å². The summed E-state index contributed by atoms with van der Waals surface area (Å²) in [5.41, 5.74) is 8.04. The summed E-state index contributed by atoms with van der Waals surface area (Å²) in [7, 11) is 3.49. The van der Waals surface area contributed by atoms with Gasteiger partial charge in [0.2, 0.25) is 5.82 Å². The monoisotopic (exact) mass is 673 g/mol. The average molecular weight is 674 g/mol. The number of methoxy groups -OCH3 is 1. The van der Waals surface area contributed by atoms with Crippen LogP contribution in [0.25, 0.3) is 22.5 Å². The van der Waals surface area contributed by atoms with Crippen LogP contribution in [0.2, 0.25) is 0 Å². The Morgan fingerprint density at radius 2 is 1.22 bits per heavy atom. The minimum atomic E-state index is -0.874. The standard InChI is InChI=1S/C43H41N6O2/c1-5-30-49(3)38(6-2)39(42(50)51-4)40(46-49)32-28-26-31(27-29-32)36-24-16-17-25-37(36)41-44-47-48(45-41)43(33-18-10-7-11-19-33,34-20-12-8-13-21-34)35-22-14-9-15-23-35/h7-29H,5-6,30H2,1-4H3/q+1. The highest BCUT2D eigenvalue weighted by atomic mass is 16.5. The average Bonchev–Trinajstić information content (AvgIpc) is 3.79. The summed E-state index contributed by atoms with van der Waals surface area (Å²) in [6.45, 7) is 5.00. The zero-order valence-electron chi connectivity index (χ0n) is 29.4. The Hall–Kier alpha value is -5.99. The molecule has 0 radical (unpaired) electrons. The van der Waals surface area contributed by atoms with Crippen LogP contribution in [0.1, 0.15) is 48.9 Å². The molecule has 7 rings (SSSR count). The van der Waals surface area contributed by atoms with Gasteiger partial charge in [-0.25, -0.2) is 4.79 Å². The number of tetrazole rings is 1. The van der Waals surface area contributed by atoms with Gasteiger partial charge in [0.15, 0.2) is 11.2 Å². The van der Waals surface area contributed by atoms with Gasteiger partial charge in [-0.1, -0.05) is 158 Å². The normalized spacial score (nSPS) is 15.9. The molecule has 0 saturated carbocycles. The number of rotatable bonds is 11. The number of benzene rings is 5. The second kappa shape index (κ2) is 14.1. The van der Waals surface area contributed by atoms with Crippen LogP contribution in [0, 0.1) is 0 Å². The molecule has 1 aromatic heterocycles. The van der Waals surface area contributed by atoms with Gasteiger partial charge >= 0.3 is 5.97 Å². The molecule has 0 N–H and O–H groups in total. The van der Waals surface area contributed by atoms with E-state index in [-0.39, 0.29) is 5.97 Å². The van der Waals surface area contributed by atoms with Crippen molar-refractivity contribution in [3.63, 3.8) is 0 Å². The second-order valence-corrected chi connectivity index (χ2v) is 12.8. The van der Waals surface area contributed by atoms with Gasteiger partial charge in [0.05, 0.1) is 14.2 Å². The maximum Gasteiger partial charge on any atom is 0.346 e. The fourth-order valence-electron chi connectivity index (χ4n) is 7.45. The molecule has 0 saturated heterocycles. The highest BCUT2D eigenvalue weighted by molar-refractivity contribution is 6.27. The molecule has 1 atom stereocenters. The molecule has 0 aliphatic carbocycles.